The van der Waals surface area contributed by atoms with Crippen LogP contribution in [0.5, 0.6) is 0 Å². The van der Waals surface area contributed by atoms with Crippen LogP contribution < -0.4 is 22.3 Å². The average Bonchev–Trinajstić information content (AvgIpc) is 3.33. The fourth-order valence-corrected chi connectivity index (χ4v) is 3.74. The van der Waals surface area contributed by atoms with Crippen molar-refractivity contribution in [2.75, 3.05) is 12.3 Å². The number of esters is 1. The van der Waals surface area contributed by atoms with Crippen LogP contribution in [0.1, 0.15) is 29.7 Å². The molecule has 0 aliphatic carbocycles. The monoisotopic (exact) mass is 431 g/mol. The summed E-state index contributed by atoms with van der Waals surface area (Å²) in [5.74, 6) is -1.22. The van der Waals surface area contributed by atoms with E-state index in [4.69, 9.17) is 19.3 Å². The van der Waals surface area contributed by atoms with E-state index in [2.05, 4.69) is 15.0 Å². The smallest absolute Gasteiger partial charge is 0.362 e. The first-order chi connectivity index (χ1) is 15.6. The van der Waals surface area contributed by atoms with Crippen LogP contribution in [0.25, 0.3) is 17.5 Å². The van der Waals surface area contributed by atoms with Crippen molar-refractivity contribution in [3.8, 4) is 5.88 Å². The predicted octanol–water partition coefficient (Wildman–Crippen LogP) is 0.479. The van der Waals surface area contributed by atoms with Crippen LogP contribution in [0, 0.1) is 0 Å². The molecule has 4 aromatic rings. The number of fused-ring (bicyclic) bond motifs is 3. The standard InChI is InChI=1S/C22H17N5O5/c1-2-30-21(29)16-15(13-6-4-8-25-11-13)17-19(32-22(23)26-17)27-14(20(28)31-18(16)27)9-12-5-3-7-24-10-12/h3-11,15H,2H2,1H3,(H2,23,26)/b14-9+/t15-/m1/s1. The van der Waals surface area contributed by atoms with Crippen molar-refractivity contribution in [2.45, 2.75) is 12.8 Å². The number of hydrogen-bond acceptors (Lipinski definition) is 9. The Labute approximate surface area is 180 Å². The fourth-order valence-electron chi connectivity index (χ4n) is 3.74. The number of aromatic nitrogens is 4. The third-order valence-corrected chi connectivity index (χ3v) is 4.99. The van der Waals surface area contributed by atoms with Crippen LogP contribution in [0.2, 0.25) is 0 Å². The number of oxazole rings is 2. The van der Waals surface area contributed by atoms with Gasteiger partial charge in [0.05, 0.1) is 12.5 Å². The number of hydrogen-bond donors (Lipinski definition) is 1. The van der Waals surface area contributed by atoms with Crippen LogP contribution in [0.4, 0.5) is 6.01 Å². The zero-order valence-electron chi connectivity index (χ0n) is 16.9. The summed E-state index contributed by atoms with van der Waals surface area (Å²) >= 11 is 0. The molecule has 0 aromatic carbocycles. The minimum Gasteiger partial charge on any atom is -0.462 e. The highest BCUT2D eigenvalue weighted by Gasteiger charge is 2.39. The van der Waals surface area contributed by atoms with Gasteiger partial charge in [-0.1, -0.05) is 12.1 Å². The molecule has 32 heavy (non-hydrogen) atoms. The van der Waals surface area contributed by atoms with Gasteiger partial charge < -0.3 is 19.3 Å². The molecule has 1 aliphatic rings. The Hall–Kier alpha value is -4.47. The summed E-state index contributed by atoms with van der Waals surface area (Å²) in [5, 5.41) is 0.122. The third-order valence-electron chi connectivity index (χ3n) is 4.99. The largest absolute Gasteiger partial charge is 0.462 e. The van der Waals surface area contributed by atoms with Gasteiger partial charge in [-0.3, -0.25) is 9.97 Å². The van der Waals surface area contributed by atoms with Crippen molar-refractivity contribution in [1.29, 1.82) is 0 Å². The van der Waals surface area contributed by atoms with Gasteiger partial charge in [0.1, 0.15) is 16.6 Å². The topological polar surface area (TPSA) is 139 Å². The van der Waals surface area contributed by atoms with Gasteiger partial charge in [0.2, 0.25) is 11.4 Å². The fraction of sp³-hybridized carbons (Fsp3) is 0.136. The van der Waals surface area contributed by atoms with Crippen molar-refractivity contribution in [3.63, 3.8) is 0 Å². The summed E-state index contributed by atoms with van der Waals surface area (Å²) in [5.41, 5.74) is 6.94. The molecule has 0 saturated carbocycles. The molecule has 10 heteroatoms. The molecule has 160 valence electrons. The second-order valence-electron chi connectivity index (χ2n) is 6.94. The maximum absolute atomic E-state index is 13.1. The van der Waals surface area contributed by atoms with Crippen molar-refractivity contribution in [1.82, 2.24) is 19.5 Å². The molecule has 0 spiro atoms. The Balaban J connectivity index is 1.92. The maximum atomic E-state index is 13.1. The lowest BCUT2D eigenvalue weighted by Crippen LogP contribution is -2.37. The Kier molecular flexibility index (Phi) is 4.66. The van der Waals surface area contributed by atoms with Crippen LogP contribution in [0.15, 0.2) is 62.7 Å². The van der Waals surface area contributed by atoms with Crippen molar-refractivity contribution in [2.24, 2.45) is 0 Å². The summed E-state index contributed by atoms with van der Waals surface area (Å²) < 4.78 is 17.9. The second-order valence-corrected chi connectivity index (χ2v) is 6.94. The highest BCUT2D eigenvalue weighted by Crippen LogP contribution is 2.38. The Morgan fingerprint density at radius 3 is 2.69 bits per heavy atom. The molecule has 0 bridgehead atoms. The van der Waals surface area contributed by atoms with Crippen LogP contribution in [-0.4, -0.2) is 32.1 Å². The zero-order valence-corrected chi connectivity index (χ0v) is 16.9. The highest BCUT2D eigenvalue weighted by molar-refractivity contribution is 6.12. The number of ether oxygens (including phenoxy) is 1. The molecule has 0 fully saturated rings. The van der Waals surface area contributed by atoms with E-state index in [0.717, 1.165) is 0 Å². The van der Waals surface area contributed by atoms with E-state index in [1.165, 1.54) is 4.57 Å². The SMILES string of the molecule is CCOC(=O)C1=c2oc(=O)/c(=C\c3cccnc3)n2-c2oc(N)nc2[C@@H]1c1cccnc1. The summed E-state index contributed by atoms with van der Waals surface area (Å²) in [6, 6.07) is 6.91. The number of nitrogens with two attached hydrogens (primary N) is 1. The van der Waals surface area contributed by atoms with Gasteiger partial charge in [-0.2, -0.15) is 4.98 Å². The Morgan fingerprint density at radius 2 is 2.00 bits per heavy atom. The highest BCUT2D eigenvalue weighted by atomic mass is 16.5. The number of pyridine rings is 2. The number of carbonyl (C=O) groups is 1. The molecule has 5 rings (SSSR count). The van der Waals surface area contributed by atoms with E-state index in [0.29, 0.717) is 16.8 Å². The quantitative estimate of drug-likeness (QED) is 0.457. The van der Waals surface area contributed by atoms with Gasteiger partial charge in [-0.05, 0) is 36.3 Å². The molecule has 0 unspecified atom stereocenters. The van der Waals surface area contributed by atoms with Crippen LogP contribution >= 0.6 is 0 Å². The molecular formula is C22H17N5O5. The summed E-state index contributed by atoms with van der Waals surface area (Å²) in [6.45, 7) is 1.83. The number of nitrogens with zero attached hydrogens (tertiary/aromatic N) is 4. The van der Waals surface area contributed by atoms with Crippen LogP contribution in [-0.2, 0) is 9.53 Å². The first-order valence-corrected chi connectivity index (χ1v) is 9.80. The van der Waals surface area contributed by atoms with Crippen molar-refractivity contribution < 1.29 is 18.4 Å². The number of rotatable bonds is 4. The molecule has 10 nitrogen and oxygen atoms in total. The van der Waals surface area contributed by atoms with E-state index in [9.17, 15) is 9.59 Å². The van der Waals surface area contributed by atoms with E-state index in [1.807, 2.05) is 0 Å². The molecule has 0 radical (unpaired) electrons. The van der Waals surface area contributed by atoms with Gasteiger partial charge in [0.15, 0.2) is 0 Å². The maximum Gasteiger partial charge on any atom is 0.362 e. The molecular weight excluding hydrogens is 414 g/mol. The Bertz CT molecular complexity index is 1490. The van der Waals surface area contributed by atoms with E-state index >= 15 is 0 Å². The molecule has 1 aliphatic heterocycles. The van der Waals surface area contributed by atoms with Gasteiger partial charge in [-0.25, -0.2) is 14.2 Å². The first-order valence-electron chi connectivity index (χ1n) is 9.80. The number of nitrogen functional groups attached to an aromatic ring is 1. The van der Waals surface area contributed by atoms with Gasteiger partial charge >= 0.3 is 11.6 Å². The second kappa shape index (κ2) is 7.65. The van der Waals surface area contributed by atoms with Crippen molar-refractivity contribution >= 4 is 23.6 Å². The zero-order chi connectivity index (χ0) is 22.2. The number of anilines is 1. The predicted molar refractivity (Wildman–Crippen MR) is 112 cm³/mol. The average molecular weight is 431 g/mol. The van der Waals surface area contributed by atoms with Crippen LogP contribution in [0.3, 0.4) is 0 Å². The lowest BCUT2D eigenvalue weighted by Gasteiger charge is -2.21. The van der Waals surface area contributed by atoms with Crippen molar-refractivity contribution in [3.05, 3.63) is 87.2 Å². The first kappa shape index (κ1) is 19.5. The molecule has 2 N–H and O–H groups in total. The molecule has 4 aromatic heterocycles. The molecule has 0 amide bonds. The molecule has 5 heterocycles. The summed E-state index contributed by atoms with van der Waals surface area (Å²) in [7, 11) is 0. The van der Waals surface area contributed by atoms with Gasteiger partial charge in [-0.15, -0.1) is 0 Å². The molecule has 0 saturated heterocycles. The normalized spacial score (nSPS) is 15.3. The van der Waals surface area contributed by atoms with Gasteiger partial charge in [0, 0.05) is 24.8 Å². The third kappa shape index (κ3) is 3.09. The summed E-state index contributed by atoms with van der Waals surface area (Å²) in [6.07, 6.45) is 7.99. The van der Waals surface area contributed by atoms with E-state index < -0.39 is 17.5 Å². The molecule has 1 atom stereocenters. The number of carbonyl (C=O) groups excluding carboxylic acids is 1. The summed E-state index contributed by atoms with van der Waals surface area (Å²) in [4.78, 5) is 38.5. The van der Waals surface area contributed by atoms with E-state index in [-0.39, 0.29) is 35.0 Å². The van der Waals surface area contributed by atoms with E-state index in [1.54, 1.807) is 62.1 Å². The lowest BCUT2D eigenvalue weighted by atomic mass is 9.88. The Morgan fingerprint density at radius 1 is 1.22 bits per heavy atom. The van der Waals surface area contributed by atoms with Gasteiger partial charge in [0.25, 0.3) is 6.01 Å². The minimum atomic E-state index is -0.754. The minimum absolute atomic E-state index is 0.0129. The lowest BCUT2D eigenvalue weighted by molar-refractivity contribution is -0.136.